The van der Waals surface area contributed by atoms with Gasteiger partial charge in [-0.05, 0) is 92.3 Å². The number of rotatable bonds is 6. The highest BCUT2D eigenvalue weighted by Gasteiger charge is 2.18. The van der Waals surface area contributed by atoms with Crippen molar-refractivity contribution in [2.45, 2.75) is 0 Å². The van der Waals surface area contributed by atoms with Gasteiger partial charge in [0, 0.05) is 38.8 Å². The van der Waals surface area contributed by atoms with Crippen molar-refractivity contribution in [3.8, 4) is 33.4 Å². The first kappa shape index (κ1) is 30.3. The van der Waals surface area contributed by atoms with E-state index < -0.39 is 0 Å². The number of aromatic nitrogens is 1. The van der Waals surface area contributed by atoms with Crippen molar-refractivity contribution in [3.05, 3.63) is 194 Å². The number of benzene rings is 8. The van der Waals surface area contributed by atoms with E-state index in [9.17, 15) is 0 Å². The van der Waals surface area contributed by atoms with Gasteiger partial charge in [-0.25, -0.2) is 0 Å². The Labute approximate surface area is 306 Å². The number of para-hydroxylation sites is 1. The van der Waals surface area contributed by atoms with Crippen molar-refractivity contribution in [2.75, 3.05) is 4.90 Å². The number of hydrogen-bond donors (Lipinski definition) is 0. The summed E-state index contributed by atoms with van der Waals surface area (Å²) in [4.78, 5) is 7.29. The van der Waals surface area contributed by atoms with Gasteiger partial charge in [-0.3, -0.25) is 4.98 Å². The fourth-order valence-corrected chi connectivity index (χ4v) is 8.70. The van der Waals surface area contributed by atoms with Crippen LogP contribution in [0.25, 0.3) is 75.2 Å². The van der Waals surface area contributed by atoms with Crippen molar-refractivity contribution in [1.82, 2.24) is 4.98 Å². The van der Waals surface area contributed by atoms with E-state index in [1.807, 2.05) is 6.20 Å². The molecule has 0 aliphatic rings. The van der Waals surface area contributed by atoms with Crippen LogP contribution >= 0.6 is 11.3 Å². The van der Waals surface area contributed by atoms with Crippen molar-refractivity contribution in [2.24, 2.45) is 0 Å². The minimum Gasteiger partial charge on any atom is -0.310 e. The summed E-state index contributed by atoms with van der Waals surface area (Å²) in [5.41, 5.74) is 11.4. The highest BCUT2D eigenvalue weighted by molar-refractivity contribution is 7.25. The maximum atomic E-state index is 4.91. The maximum absolute atomic E-state index is 4.91. The first-order valence-electron chi connectivity index (χ1n) is 17.6. The maximum Gasteiger partial charge on any atom is 0.0888 e. The summed E-state index contributed by atoms with van der Waals surface area (Å²) in [5.74, 6) is 0. The molecule has 0 bridgehead atoms. The van der Waals surface area contributed by atoms with Gasteiger partial charge in [0.05, 0.1) is 15.9 Å². The lowest BCUT2D eigenvalue weighted by Gasteiger charge is -2.28. The molecular formula is C49H32N2S. The number of hydrogen-bond acceptors (Lipinski definition) is 3. The molecule has 0 spiro atoms. The average Bonchev–Trinajstić information content (AvgIpc) is 3.60. The predicted octanol–water partition coefficient (Wildman–Crippen LogP) is 14.2. The van der Waals surface area contributed by atoms with Crippen LogP contribution in [0.3, 0.4) is 0 Å². The summed E-state index contributed by atoms with van der Waals surface area (Å²) in [6.07, 6.45) is 2.01. The smallest absolute Gasteiger partial charge is 0.0888 e. The van der Waals surface area contributed by atoms with Gasteiger partial charge >= 0.3 is 0 Å². The molecular weight excluding hydrogens is 649 g/mol. The quantitative estimate of drug-likeness (QED) is 0.163. The standard InChI is InChI=1S/C49H32N2S/c1-2-12-34(13-3-1)41-16-8-10-20-46(41)51(38-26-22-33(23-27-38)37-31-48-49(50-32-37)44-19-9-11-21-47(44)52-48)39-28-24-35(25-29-39)45-30-36-14-4-5-15-40(36)42-17-6-7-18-43(42)45/h1-32H. The topological polar surface area (TPSA) is 16.1 Å². The molecule has 2 aromatic heterocycles. The normalized spacial score (nSPS) is 11.5. The number of thiophene rings is 1. The Kier molecular flexibility index (Phi) is 7.37. The second-order valence-electron chi connectivity index (χ2n) is 13.2. The SMILES string of the molecule is c1ccc(-c2ccccc2N(c2ccc(-c3cnc4c(c3)sc3ccccc34)cc2)c2ccc(-c3cc4ccccc4c4ccccc34)cc2)cc1. The number of anilines is 3. The van der Waals surface area contributed by atoms with Crippen molar-refractivity contribution in [3.63, 3.8) is 0 Å². The molecule has 0 unspecified atom stereocenters. The van der Waals surface area contributed by atoms with Crippen LogP contribution in [-0.2, 0) is 0 Å². The zero-order chi connectivity index (χ0) is 34.4. The Morgan fingerprint density at radius 2 is 0.981 bits per heavy atom. The van der Waals surface area contributed by atoms with E-state index in [1.54, 1.807) is 11.3 Å². The fourth-order valence-electron chi connectivity index (χ4n) is 7.60. The van der Waals surface area contributed by atoms with E-state index in [0.717, 1.165) is 33.7 Å². The molecule has 0 saturated carbocycles. The molecule has 0 amide bonds. The molecule has 0 saturated heterocycles. The molecule has 8 aromatic carbocycles. The summed E-state index contributed by atoms with van der Waals surface area (Å²) in [6, 6.07) is 67.9. The molecule has 244 valence electrons. The van der Waals surface area contributed by atoms with E-state index in [1.165, 1.54) is 58.6 Å². The van der Waals surface area contributed by atoms with E-state index in [0.29, 0.717) is 0 Å². The van der Waals surface area contributed by atoms with E-state index >= 15 is 0 Å². The Hall–Kier alpha value is -6.55. The van der Waals surface area contributed by atoms with Crippen LogP contribution in [0.2, 0.25) is 0 Å². The first-order chi connectivity index (χ1) is 25.8. The van der Waals surface area contributed by atoms with E-state index in [4.69, 9.17) is 4.98 Å². The molecule has 0 fully saturated rings. The molecule has 3 heteroatoms. The second-order valence-corrected chi connectivity index (χ2v) is 14.3. The summed E-state index contributed by atoms with van der Waals surface area (Å²) in [7, 11) is 0. The zero-order valence-electron chi connectivity index (χ0n) is 28.3. The number of pyridine rings is 1. The molecule has 10 rings (SSSR count). The monoisotopic (exact) mass is 680 g/mol. The van der Waals surface area contributed by atoms with E-state index in [-0.39, 0.29) is 0 Å². The molecule has 52 heavy (non-hydrogen) atoms. The van der Waals surface area contributed by atoms with Gasteiger partial charge in [-0.1, -0.05) is 140 Å². The van der Waals surface area contributed by atoms with Crippen LogP contribution in [0.1, 0.15) is 0 Å². The van der Waals surface area contributed by atoms with Crippen molar-refractivity contribution < 1.29 is 0 Å². The van der Waals surface area contributed by atoms with Gasteiger partial charge in [0.25, 0.3) is 0 Å². The third kappa shape index (κ3) is 5.22. The average molecular weight is 681 g/mol. The highest BCUT2D eigenvalue weighted by Crippen LogP contribution is 2.43. The highest BCUT2D eigenvalue weighted by atomic mass is 32.1. The van der Waals surface area contributed by atoms with Crippen LogP contribution in [0.4, 0.5) is 17.1 Å². The molecule has 0 radical (unpaired) electrons. The third-order valence-corrected chi connectivity index (χ3v) is 11.2. The Balaban J connectivity index is 1.08. The van der Waals surface area contributed by atoms with Crippen LogP contribution in [0, 0.1) is 0 Å². The Bertz CT molecular complexity index is 2890. The molecule has 0 atom stereocenters. The van der Waals surface area contributed by atoms with Crippen molar-refractivity contribution >= 4 is 70.2 Å². The molecule has 10 aromatic rings. The van der Waals surface area contributed by atoms with Gasteiger partial charge in [-0.15, -0.1) is 11.3 Å². The molecule has 2 nitrogen and oxygen atoms in total. The third-order valence-electron chi connectivity index (χ3n) is 10.1. The lowest BCUT2D eigenvalue weighted by atomic mass is 9.93. The Morgan fingerprint density at radius 1 is 0.385 bits per heavy atom. The lowest BCUT2D eigenvalue weighted by molar-refractivity contribution is 1.28. The van der Waals surface area contributed by atoms with Crippen LogP contribution in [-0.4, -0.2) is 4.98 Å². The molecule has 0 N–H and O–H groups in total. The minimum absolute atomic E-state index is 1.07. The summed E-state index contributed by atoms with van der Waals surface area (Å²) in [6.45, 7) is 0. The van der Waals surface area contributed by atoms with E-state index in [2.05, 4.69) is 193 Å². The van der Waals surface area contributed by atoms with Gasteiger partial charge < -0.3 is 4.90 Å². The summed E-state index contributed by atoms with van der Waals surface area (Å²) < 4.78 is 2.48. The first-order valence-corrected chi connectivity index (χ1v) is 18.4. The number of nitrogens with zero attached hydrogens (tertiary/aromatic N) is 2. The molecule has 0 aliphatic carbocycles. The molecule has 2 heterocycles. The van der Waals surface area contributed by atoms with Gasteiger partial charge in [0.2, 0.25) is 0 Å². The van der Waals surface area contributed by atoms with Gasteiger partial charge in [0.15, 0.2) is 0 Å². The largest absolute Gasteiger partial charge is 0.310 e. The van der Waals surface area contributed by atoms with Crippen molar-refractivity contribution in [1.29, 1.82) is 0 Å². The fraction of sp³-hybridized carbons (Fsp3) is 0. The predicted molar refractivity (Wildman–Crippen MR) is 223 cm³/mol. The van der Waals surface area contributed by atoms with Crippen LogP contribution < -0.4 is 4.90 Å². The number of fused-ring (bicyclic) bond motifs is 6. The van der Waals surface area contributed by atoms with Gasteiger partial charge in [0.1, 0.15) is 0 Å². The Morgan fingerprint density at radius 3 is 1.77 bits per heavy atom. The van der Waals surface area contributed by atoms with Crippen LogP contribution in [0.5, 0.6) is 0 Å². The van der Waals surface area contributed by atoms with Gasteiger partial charge in [-0.2, -0.15) is 0 Å². The minimum atomic E-state index is 1.07. The lowest BCUT2D eigenvalue weighted by Crippen LogP contribution is -2.11. The summed E-state index contributed by atoms with van der Waals surface area (Å²) >= 11 is 1.80. The van der Waals surface area contributed by atoms with Crippen LogP contribution in [0.15, 0.2) is 194 Å². The zero-order valence-corrected chi connectivity index (χ0v) is 29.1. The second kappa shape index (κ2) is 12.6. The molecule has 0 aliphatic heterocycles. The summed E-state index contributed by atoms with van der Waals surface area (Å²) in [5, 5.41) is 6.29.